The highest BCUT2D eigenvalue weighted by Gasteiger charge is 2.51. The Hall–Kier alpha value is -7.43. The molecule has 0 atom stereocenters. The molecule has 10 aromatic rings. The van der Waals surface area contributed by atoms with Crippen LogP contribution in [0.3, 0.4) is 0 Å². The normalized spacial score (nSPS) is 13.1. The molecule has 0 saturated heterocycles. The van der Waals surface area contributed by atoms with Crippen LogP contribution in [-0.4, -0.2) is 15.0 Å². The summed E-state index contributed by atoms with van der Waals surface area (Å²) >= 11 is 0. The van der Waals surface area contributed by atoms with E-state index in [0.717, 1.165) is 61.3 Å². The van der Waals surface area contributed by atoms with Gasteiger partial charge >= 0.3 is 0 Å². The Bertz CT molecular complexity index is 3100. The Kier molecular flexibility index (Phi) is 6.52. The van der Waals surface area contributed by atoms with E-state index >= 15 is 0 Å². The van der Waals surface area contributed by atoms with Crippen molar-refractivity contribution in [3.05, 3.63) is 210 Å². The minimum atomic E-state index is -0.433. The van der Waals surface area contributed by atoms with Gasteiger partial charge in [-0.05, 0) is 98.1 Å². The Labute approximate surface area is 323 Å². The molecule has 260 valence electrons. The molecule has 4 nitrogen and oxygen atoms in total. The summed E-state index contributed by atoms with van der Waals surface area (Å²) in [5.41, 5.74) is 20.3. The molecule has 0 bridgehead atoms. The lowest BCUT2D eigenvalue weighted by Gasteiger charge is -2.30. The Morgan fingerprint density at radius 1 is 0.321 bits per heavy atom. The third kappa shape index (κ3) is 4.38. The molecule has 0 amide bonds. The van der Waals surface area contributed by atoms with E-state index < -0.39 is 5.41 Å². The molecule has 0 saturated carbocycles. The molecular weight excluding hydrogens is 683 g/mol. The molecule has 12 rings (SSSR count). The lowest BCUT2D eigenvalue weighted by atomic mass is 9.70. The predicted octanol–water partition coefficient (Wildman–Crippen LogP) is 12.8. The van der Waals surface area contributed by atoms with Crippen molar-refractivity contribution in [1.29, 1.82) is 0 Å². The van der Waals surface area contributed by atoms with Gasteiger partial charge in [-0.25, -0.2) is 15.0 Å². The van der Waals surface area contributed by atoms with Crippen LogP contribution < -0.4 is 0 Å². The summed E-state index contributed by atoms with van der Waals surface area (Å²) in [7, 11) is 0. The van der Waals surface area contributed by atoms with Crippen molar-refractivity contribution in [1.82, 2.24) is 15.0 Å². The van der Waals surface area contributed by atoms with Gasteiger partial charge < -0.3 is 4.42 Å². The average Bonchev–Trinajstić information content (AvgIpc) is 3.93. The molecule has 8 aromatic carbocycles. The first kappa shape index (κ1) is 31.0. The maximum atomic E-state index is 6.02. The van der Waals surface area contributed by atoms with Gasteiger partial charge in [-0.1, -0.05) is 146 Å². The van der Waals surface area contributed by atoms with Crippen molar-refractivity contribution in [2.75, 3.05) is 0 Å². The number of hydrogen-bond acceptors (Lipinski definition) is 4. The number of hydrogen-bond donors (Lipinski definition) is 0. The van der Waals surface area contributed by atoms with Crippen molar-refractivity contribution in [3.63, 3.8) is 0 Å². The second-order valence-corrected chi connectivity index (χ2v) is 14.7. The zero-order chi connectivity index (χ0) is 36.8. The Morgan fingerprint density at radius 2 is 0.750 bits per heavy atom. The molecule has 2 aliphatic carbocycles. The van der Waals surface area contributed by atoms with Gasteiger partial charge in [0, 0.05) is 16.7 Å². The summed E-state index contributed by atoms with van der Waals surface area (Å²) in [5.74, 6) is 0.623. The molecule has 0 unspecified atom stereocenters. The summed E-state index contributed by atoms with van der Waals surface area (Å²) in [4.78, 5) is 15.3. The van der Waals surface area contributed by atoms with Gasteiger partial charge in [0.25, 0.3) is 0 Å². The standard InChI is InChI=1S/C52H31N3O/c1-4-14-41-37(11-1)38-12-2-5-15-42(38)52(41)43-16-6-3-13-39(43)40-30-29-36(31-44(40)52)50-49(53-45-17-7-8-18-46(45)54-50)34-25-21-32(22-26-34)33-23-27-35(28-24-33)51-55-47-19-9-10-20-48(47)56-51/h1-31H. The minimum Gasteiger partial charge on any atom is -0.436 e. The van der Waals surface area contributed by atoms with Gasteiger partial charge in [0.1, 0.15) is 5.52 Å². The maximum absolute atomic E-state index is 6.02. The van der Waals surface area contributed by atoms with E-state index in [9.17, 15) is 0 Å². The zero-order valence-electron chi connectivity index (χ0n) is 30.1. The number of fused-ring (bicyclic) bond motifs is 12. The first-order valence-corrected chi connectivity index (χ1v) is 19.0. The minimum absolute atomic E-state index is 0.433. The predicted molar refractivity (Wildman–Crippen MR) is 225 cm³/mol. The van der Waals surface area contributed by atoms with Crippen molar-refractivity contribution in [3.8, 4) is 67.3 Å². The molecule has 1 spiro atoms. The summed E-state index contributed by atoms with van der Waals surface area (Å²) in [6.07, 6.45) is 0. The van der Waals surface area contributed by atoms with Gasteiger partial charge in [0.15, 0.2) is 5.58 Å². The van der Waals surface area contributed by atoms with Crippen molar-refractivity contribution >= 4 is 22.1 Å². The van der Waals surface area contributed by atoms with Crippen LogP contribution >= 0.6 is 0 Å². The molecule has 2 heterocycles. The number of nitrogens with zero attached hydrogens (tertiary/aromatic N) is 3. The van der Waals surface area contributed by atoms with Crippen LogP contribution in [0.2, 0.25) is 0 Å². The Balaban J connectivity index is 0.988. The van der Waals surface area contributed by atoms with Gasteiger partial charge in [-0.15, -0.1) is 0 Å². The van der Waals surface area contributed by atoms with Gasteiger partial charge in [-0.3, -0.25) is 0 Å². The molecule has 0 radical (unpaired) electrons. The molecule has 0 fully saturated rings. The highest BCUT2D eigenvalue weighted by Crippen LogP contribution is 2.63. The maximum Gasteiger partial charge on any atom is 0.227 e. The SMILES string of the molecule is c1ccc2c(c1)-c1ccccc1C21c2ccccc2-c2ccc(-c3nc4ccccc4nc3-c3ccc(-c4ccc(-c5nc6ccccc6o5)cc4)cc3)cc21. The first-order valence-electron chi connectivity index (χ1n) is 19.0. The fraction of sp³-hybridized carbons (Fsp3) is 0.0192. The summed E-state index contributed by atoms with van der Waals surface area (Å²) in [6, 6.07) is 66.8. The molecular formula is C52H31N3O. The first-order chi connectivity index (χ1) is 27.7. The second kappa shape index (κ2) is 11.8. The fourth-order valence-corrected chi connectivity index (χ4v) is 9.27. The highest BCUT2D eigenvalue weighted by atomic mass is 16.3. The van der Waals surface area contributed by atoms with Gasteiger partial charge in [-0.2, -0.15) is 0 Å². The molecule has 0 aliphatic heterocycles. The number of para-hydroxylation sites is 4. The third-order valence-corrected chi connectivity index (χ3v) is 11.8. The Morgan fingerprint density at radius 3 is 1.32 bits per heavy atom. The zero-order valence-corrected chi connectivity index (χ0v) is 30.1. The fourth-order valence-electron chi connectivity index (χ4n) is 9.27. The van der Waals surface area contributed by atoms with Gasteiger partial charge in [0.2, 0.25) is 5.89 Å². The van der Waals surface area contributed by atoms with Crippen molar-refractivity contribution in [2.45, 2.75) is 5.41 Å². The van der Waals surface area contributed by atoms with E-state index in [1.54, 1.807) is 0 Å². The lowest BCUT2D eigenvalue weighted by Crippen LogP contribution is -2.25. The quantitative estimate of drug-likeness (QED) is 0.182. The third-order valence-electron chi connectivity index (χ3n) is 11.8. The van der Waals surface area contributed by atoms with Crippen LogP contribution in [-0.2, 0) is 5.41 Å². The molecule has 56 heavy (non-hydrogen) atoms. The molecule has 4 heteroatoms. The number of rotatable bonds is 4. The summed E-state index contributed by atoms with van der Waals surface area (Å²) in [6.45, 7) is 0. The van der Waals surface area contributed by atoms with E-state index in [1.807, 2.05) is 42.5 Å². The lowest BCUT2D eigenvalue weighted by molar-refractivity contribution is 0.620. The molecule has 0 N–H and O–H groups in total. The monoisotopic (exact) mass is 713 g/mol. The smallest absolute Gasteiger partial charge is 0.227 e. The van der Waals surface area contributed by atoms with E-state index in [-0.39, 0.29) is 0 Å². The number of oxazole rings is 1. The molecule has 2 aromatic heterocycles. The number of benzene rings is 8. The van der Waals surface area contributed by atoms with E-state index in [0.29, 0.717) is 5.89 Å². The van der Waals surface area contributed by atoms with Crippen molar-refractivity contribution in [2.24, 2.45) is 0 Å². The topological polar surface area (TPSA) is 51.8 Å². The highest BCUT2D eigenvalue weighted by molar-refractivity contribution is 5.97. The van der Waals surface area contributed by atoms with E-state index in [4.69, 9.17) is 14.4 Å². The van der Waals surface area contributed by atoms with Gasteiger partial charge in [0.05, 0.1) is 27.8 Å². The van der Waals surface area contributed by atoms with E-state index in [2.05, 4.69) is 151 Å². The van der Waals surface area contributed by atoms with Crippen LogP contribution in [0.4, 0.5) is 0 Å². The van der Waals surface area contributed by atoms with Crippen LogP contribution in [0.25, 0.3) is 89.5 Å². The van der Waals surface area contributed by atoms with Crippen LogP contribution in [0.15, 0.2) is 192 Å². The average molecular weight is 714 g/mol. The molecule has 2 aliphatic rings. The van der Waals surface area contributed by atoms with Crippen LogP contribution in [0, 0.1) is 0 Å². The van der Waals surface area contributed by atoms with Crippen LogP contribution in [0.5, 0.6) is 0 Å². The largest absolute Gasteiger partial charge is 0.436 e. The van der Waals surface area contributed by atoms with E-state index in [1.165, 1.54) is 44.5 Å². The summed E-state index contributed by atoms with van der Waals surface area (Å²) < 4.78 is 6.02. The second-order valence-electron chi connectivity index (χ2n) is 14.7. The number of aromatic nitrogens is 3. The summed E-state index contributed by atoms with van der Waals surface area (Å²) in [5, 5.41) is 0. The van der Waals surface area contributed by atoms with Crippen LogP contribution in [0.1, 0.15) is 22.3 Å². The van der Waals surface area contributed by atoms with Crippen molar-refractivity contribution < 1.29 is 4.42 Å².